The quantitative estimate of drug-likeness (QED) is 0.455. The Hall–Kier alpha value is -2.37. The van der Waals surface area contributed by atoms with Gasteiger partial charge in [-0.2, -0.15) is 0 Å². The van der Waals surface area contributed by atoms with Crippen molar-refractivity contribution in [3.05, 3.63) is 34.2 Å². The van der Waals surface area contributed by atoms with Crippen LogP contribution in [0, 0.1) is 0 Å². The molecule has 0 saturated carbocycles. The van der Waals surface area contributed by atoms with E-state index < -0.39 is 11.7 Å². The topological polar surface area (TPSA) is 109 Å². The van der Waals surface area contributed by atoms with Crippen molar-refractivity contribution >= 4 is 22.7 Å². The second-order valence-corrected chi connectivity index (χ2v) is 3.03. The highest BCUT2D eigenvalue weighted by Crippen LogP contribution is 2.10. The van der Waals surface area contributed by atoms with Crippen LogP contribution in [-0.4, -0.2) is 21.7 Å². The molecule has 0 atom stereocenters. The maximum Gasteiger partial charge on any atom is 0.323 e. The number of benzene rings is 1. The van der Waals surface area contributed by atoms with E-state index >= 15 is 0 Å². The van der Waals surface area contributed by atoms with Gasteiger partial charge in [-0.05, 0) is 18.2 Å². The monoisotopic (exact) mass is 205 g/mol. The SMILES string of the molecule is NC(=O)C(=O)c1ccc2[nH]c(=O)[nH]c2c1. The lowest BCUT2D eigenvalue weighted by atomic mass is 10.1. The molecule has 0 aliphatic carbocycles. The number of hydrogen-bond acceptors (Lipinski definition) is 3. The molecule has 15 heavy (non-hydrogen) atoms. The van der Waals surface area contributed by atoms with Gasteiger partial charge >= 0.3 is 5.69 Å². The standard InChI is InChI=1S/C9H7N3O3/c10-8(14)7(13)4-1-2-5-6(3-4)12-9(15)11-5/h1-3H,(H2,10,14)(H2,11,12,15). The highest BCUT2D eigenvalue weighted by Gasteiger charge is 2.12. The summed E-state index contributed by atoms with van der Waals surface area (Å²) in [5.41, 5.74) is 5.68. The first kappa shape index (κ1) is 9.20. The first-order chi connectivity index (χ1) is 7.08. The predicted molar refractivity (Wildman–Crippen MR) is 52.4 cm³/mol. The minimum atomic E-state index is -1.02. The third-order valence-electron chi connectivity index (χ3n) is 2.00. The Morgan fingerprint density at radius 1 is 1.13 bits per heavy atom. The van der Waals surface area contributed by atoms with E-state index in [9.17, 15) is 14.4 Å². The summed E-state index contributed by atoms with van der Waals surface area (Å²) >= 11 is 0. The number of nitrogens with two attached hydrogens (primary N) is 1. The Bertz CT molecular complexity index is 608. The summed E-state index contributed by atoms with van der Waals surface area (Å²) in [5.74, 6) is -1.80. The lowest BCUT2D eigenvalue weighted by Crippen LogP contribution is -2.22. The van der Waals surface area contributed by atoms with Crippen LogP contribution in [0.4, 0.5) is 0 Å². The second kappa shape index (κ2) is 3.09. The van der Waals surface area contributed by atoms with Crippen LogP contribution in [0.5, 0.6) is 0 Å². The number of aromatic amines is 2. The molecule has 0 bridgehead atoms. The van der Waals surface area contributed by atoms with E-state index in [1.807, 2.05) is 0 Å². The van der Waals surface area contributed by atoms with Gasteiger partial charge in [0, 0.05) is 5.56 Å². The number of carbonyl (C=O) groups is 2. The van der Waals surface area contributed by atoms with Crippen molar-refractivity contribution in [1.29, 1.82) is 0 Å². The summed E-state index contributed by atoms with van der Waals surface area (Å²) in [6.07, 6.45) is 0. The number of primary amides is 1. The molecule has 2 rings (SSSR count). The van der Waals surface area contributed by atoms with Gasteiger partial charge in [0.2, 0.25) is 5.78 Å². The number of Topliss-reactive ketones (excluding diaryl/α,β-unsaturated/α-hetero) is 1. The van der Waals surface area contributed by atoms with Crippen molar-refractivity contribution in [1.82, 2.24) is 9.97 Å². The number of fused-ring (bicyclic) bond motifs is 1. The summed E-state index contributed by atoms with van der Waals surface area (Å²) in [7, 11) is 0. The molecule has 1 aromatic carbocycles. The van der Waals surface area contributed by atoms with Gasteiger partial charge in [0.05, 0.1) is 11.0 Å². The Kier molecular flexibility index (Phi) is 1.89. The Balaban J connectivity index is 2.60. The molecule has 1 aromatic heterocycles. The van der Waals surface area contributed by atoms with Crippen molar-refractivity contribution in [2.45, 2.75) is 0 Å². The fourth-order valence-corrected chi connectivity index (χ4v) is 1.32. The van der Waals surface area contributed by atoms with Gasteiger partial charge in [-0.15, -0.1) is 0 Å². The Morgan fingerprint density at radius 3 is 2.47 bits per heavy atom. The molecule has 1 amide bonds. The third-order valence-corrected chi connectivity index (χ3v) is 2.00. The van der Waals surface area contributed by atoms with E-state index in [1.165, 1.54) is 18.2 Å². The van der Waals surface area contributed by atoms with Gasteiger partial charge in [-0.25, -0.2) is 4.79 Å². The summed E-state index contributed by atoms with van der Waals surface area (Å²) in [4.78, 5) is 37.8. The second-order valence-electron chi connectivity index (χ2n) is 3.03. The number of ketones is 1. The van der Waals surface area contributed by atoms with E-state index in [1.54, 1.807) is 0 Å². The lowest BCUT2D eigenvalue weighted by molar-refractivity contribution is -0.114. The molecule has 0 aliphatic heterocycles. The van der Waals surface area contributed by atoms with Gasteiger partial charge in [-0.1, -0.05) is 0 Å². The van der Waals surface area contributed by atoms with Crippen LogP contribution >= 0.6 is 0 Å². The molecule has 0 unspecified atom stereocenters. The van der Waals surface area contributed by atoms with Gasteiger partial charge < -0.3 is 15.7 Å². The van der Waals surface area contributed by atoms with Crippen LogP contribution < -0.4 is 11.4 Å². The number of rotatable bonds is 2. The van der Waals surface area contributed by atoms with Gasteiger partial charge in [0.1, 0.15) is 0 Å². The highest BCUT2D eigenvalue weighted by molar-refractivity contribution is 6.42. The van der Waals surface area contributed by atoms with Crippen LogP contribution in [0.15, 0.2) is 23.0 Å². The molecule has 0 saturated heterocycles. The first-order valence-corrected chi connectivity index (χ1v) is 4.14. The van der Waals surface area contributed by atoms with E-state index in [0.29, 0.717) is 11.0 Å². The summed E-state index contributed by atoms with van der Waals surface area (Å²) in [6, 6.07) is 4.36. The number of aromatic nitrogens is 2. The average Bonchev–Trinajstić information content (AvgIpc) is 2.55. The van der Waals surface area contributed by atoms with Gasteiger partial charge in [0.15, 0.2) is 0 Å². The summed E-state index contributed by atoms with van der Waals surface area (Å²) in [6.45, 7) is 0. The van der Waals surface area contributed by atoms with E-state index in [2.05, 4.69) is 9.97 Å². The molecule has 1 heterocycles. The Morgan fingerprint density at radius 2 is 1.80 bits per heavy atom. The molecule has 76 valence electrons. The minimum Gasteiger partial charge on any atom is -0.363 e. The zero-order valence-corrected chi connectivity index (χ0v) is 7.53. The first-order valence-electron chi connectivity index (χ1n) is 4.14. The smallest absolute Gasteiger partial charge is 0.323 e. The number of carbonyl (C=O) groups excluding carboxylic acids is 2. The number of hydrogen-bond donors (Lipinski definition) is 3. The molecular weight excluding hydrogens is 198 g/mol. The van der Waals surface area contributed by atoms with Crippen molar-refractivity contribution in [3.63, 3.8) is 0 Å². The molecule has 2 aromatic rings. The fraction of sp³-hybridized carbons (Fsp3) is 0. The van der Waals surface area contributed by atoms with Gasteiger partial charge in [-0.3, -0.25) is 9.59 Å². The van der Waals surface area contributed by atoms with Crippen LogP contribution in [-0.2, 0) is 4.79 Å². The maximum absolute atomic E-state index is 11.2. The number of imidazole rings is 1. The van der Waals surface area contributed by atoms with Crippen molar-refractivity contribution in [2.24, 2.45) is 5.73 Å². The summed E-state index contributed by atoms with van der Waals surface area (Å²) in [5, 5.41) is 0. The lowest BCUT2D eigenvalue weighted by Gasteiger charge is -1.95. The fourth-order valence-electron chi connectivity index (χ4n) is 1.32. The van der Waals surface area contributed by atoms with Crippen LogP contribution in [0.3, 0.4) is 0 Å². The van der Waals surface area contributed by atoms with Crippen LogP contribution in [0.2, 0.25) is 0 Å². The number of amides is 1. The van der Waals surface area contributed by atoms with Crippen LogP contribution in [0.25, 0.3) is 11.0 Å². The molecule has 0 spiro atoms. The van der Waals surface area contributed by atoms with Crippen molar-refractivity contribution in [2.75, 3.05) is 0 Å². The third kappa shape index (κ3) is 1.52. The Labute approximate surface area is 83.1 Å². The zero-order valence-electron chi connectivity index (χ0n) is 7.53. The molecule has 4 N–H and O–H groups in total. The number of nitrogens with one attached hydrogen (secondary N) is 2. The molecule has 0 aliphatic rings. The minimum absolute atomic E-state index is 0.158. The van der Waals surface area contributed by atoms with E-state index in [0.717, 1.165) is 0 Å². The number of H-pyrrole nitrogens is 2. The maximum atomic E-state index is 11.2. The largest absolute Gasteiger partial charge is 0.363 e. The van der Waals surface area contributed by atoms with Crippen molar-refractivity contribution < 1.29 is 9.59 Å². The van der Waals surface area contributed by atoms with E-state index in [-0.39, 0.29) is 11.3 Å². The summed E-state index contributed by atoms with van der Waals surface area (Å²) < 4.78 is 0. The molecule has 6 nitrogen and oxygen atoms in total. The zero-order chi connectivity index (χ0) is 11.0. The average molecular weight is 205 g/mol. The molecule has 6 heteroatoms. The van der Waals surface area contributed by atoms with Crippen LogP contribution in [0.1, 0.15) is 10.4 Å². The molecule has 0 radical (unpaired) electrons. The van der Waals surface area contributed by atoms with E-state index in [4.69, 9.17) is 5.73 Å². The molecule has 0 fully saturated rings. The van der Waals surface area contributed by atoms with Crippen molar-refractivity contribution in [3.8, 4) is 0 Å². The normalized spacial score (nSPS) is 10.4. The predicted octanol–water partition coefficient (Wildman–Crippen LogP) is -0.476. The van der Waals surface area contributed by atoms with Gasteiger partial charge in [0.25, 0.3) is 5.91 Å². The molecular formula is C9H7N3O3. The highest BCUT2D eigenvalue weighted by atomic mass is 16.2.